The van der Waals surface area contributed by atoms with Gasteiger partial charge in [-0.2, -0.15) is 13.2 Å². The Labute approximate surface area is 69.9 Å². The SMILES string of the molecule is C=C(CC)C(O)(CC)C(F)(F)F. The van der Waals surface area contributed by atoms with Crippen molar-refractivity contribution in [1.82, 2.24) is 0 Å². The molecule has 0 rings (SSSR count). The summed E-state index contributed by atoms with van der Waals surface area (Å²) in [6, 6.07) is 0. The fourth-order valence-corrected chi connectivity index (χ4v) is 0.943. The third-order valence-corrected chi connectivity index (χ3v) is 1.99. The molecule has 0 spiro atoms. The maximum absolute atomic E-state index is 12.2. The molecule has 72 valence electrons. The van der Waals surface area contributed by atoms with Crippen LogP contribution in [0.3, 0.4) is 0 Å². The Morgan fingerprint density at radius 3 is 1.83 bits per heavy atom. The first-order valence-electron chi connectivity index (χ1n) is 3.77. The van der Waals surface area contributed by atoms with Crippen LogP contribution in [0, 0.1) is 0 Å². The highest BCUT2D eigenvalue weighted by Crippen LogP contribution is 2.38. The van der Waals surface area contributed by atoms with E-state index in [-0.39, 0.29) is 18.4 Å². The Balaban J connectivity index is 4.80. The van der Waals surface area contributed by atoms with Gasteiger partial charge in [-0.25, -0.2) is 0 Å². The lowest BCUT2D eigenvalue weighted by Crippen LogP contribution is -2.45. The van der Waals surface area contributed by atoms with E-state index in [1.54, 1.807) is 0 Å². The second-order valence-electron chi connectivity index (χ2n) is 2.67. The van der Waals surface area contributed by atoms with Crippen LogP contribution < -0.4 is 0 Å². The summed E-state index contributed by atoms with van der Waals surface area (Å²) in [4.78, 5) is 0. The molecule has 12 heavy (non-hydrogen) atoms. The monoisotopic (exact) mass is 182 g/mol. The normalized spacial score (nSPS) is 17.2. The van der Waals surface area contributed by atoms with Gasteiger partial charge in [0, 0.05) is 0 Å². The first-order valence-corrected chi connectivity index (χ1v) is 3.77. The smallest absolute Gasteiger partial charge is 0.377 e. The van der Waals surface area contributed by atoms with Crippen LogP contribution in [0.2, 0.25) is 0 Å². The maximum atomic E-state index is 12.2. The number of hydrogen-bond acceptors (Lipinski definition) is 1. The van der Waals surface area contributed by atoms with Gasteiger partial charge in [0.2, 0.25) is 0 Å². The van der Waals surface area contributed by atoms with Crippen molar-refractivity contribution in [3.63, 3.8) is 0 Å². The average molecular weight is 182 g/mol. The van der Waals surface area contributed by atoms with Crippen molar-refractivity contribution >= 4 is 0 Å². The molecule has 0 aliphatic rings. The fraction of sp³-hybridized carbons (Fsp3) is 0.750. The van der Waals surface area contributed by atoms with E-state index in [1.807, 2.05) is 0 Å². The van der Waals surface area contributed by atoms with E-state index in [0.717, 1.165) is 0 Å². The van der Waals surface area contributed by atoms with Crippen molar-refractivity contribution in [3.05, 3.63) is 12.2 Å². The highest BCUT2D eigenvalue weighted by atomic mass is 19.4. The summed E-state index contributed by atoms with van der Waals surface area (Å²) in [5.41, 5.74) is -2.89. The number of aliphatic hydroxyl groups is 1. The molecule has 4 heteroatoms. The van der Waals surface area contributed by atoms with E-state index >= 15 is 0 Å². The third-order valence-electron chi connectivity index (χ3n) is 1.99. The van der Waals surface area contributed by atoms with Crippen molar-refractivity contribution in [3.8, 4) is 0 Å². The summed E-state index contributed by atoms with van der Waals surface area (Å²) >= 11 is 0. The lowest BCUT2D eigenvalue weighted by atomic mass is 9.90. The zero-order valence-corrected chi connectivity index (χ0v) is 7.20. The Morgan fingerprint density at radius 1 is 1.33 bits per heavy atom. The van der Waals surface area contributed by atoms with Gasteiger partial charge in [0.1, 0.15) is 0 Å². The van der Waals surface area contributed by atoms with Crippen LogP contribution in [0.4, 0.5) is 13.2 Å². The highest BCUT2D eigenvalue weighted by molar-refractivity contribution is 5.15. The summed E-state index contributed by atoms with van der Waals surface area (Å²) in [6.45, 7) is 6.04. The topological polar surface area (TPSA) is 20.2 Å². The standard InChI is InChI=1S/C8H13F3O/c1-4-6(3)7(12,5-2)8(9,10)11/h12H,3-5H2,1-2H3. The molecule has 0 aliphatic carbocycles. The summed E-state index contributed by atoms with van der Waals surface area (Å²) in [5.74, 6) is 0. The summed E-state index contributed by atoms with van der Waals surface area (Å²) in [6.07, 6.45) is -4.87. The molecule has 0 bridgehead atoms. The van der Waals surface area contributed by atoms with Gasteiger partial charge in [0.05, 0.1) is 0 Å². The van der Waals surface area contributed by atoms with Crippen LogP contribution in [0.1, 0.15) is 26.7 Å². The second kappa shape index (κ2) is 3.47. The predicted molar refractivity (Wildman–Crippen MR) is 40.7 cm³/mol. The van der Waals surface area contributed by atoms with Crippen molar-refractivity contribution in [2.24, 2.45) is 0 Å². The van der Waals surface area contributed by atoms with E-state index in [4.69, 9.17) is 0 Å². The molecule has 0 heterocycles. The van der Waals surface area contributed by atoms with Crippen molar-refractivity contribution in [2.75, 3.05) is 0 Å². The van der Waals surface area contributed by atoms with Crippen LogP contribution in [-0.2, 0) is 0 Å². The first kappa shape index (κ1) is 11.5. The first-order chi connectivity index (χ1) is 5.29. The zero-order chi connectivity index (χ0) is 9.99. The molecule has 0 amide bonds. The summed E-state index contributed by atoms with van der Waals surface area (Å²) in [7, 11) is 0. The zero-order valence-electron chi connectivity index (χ0n) is 7.20. The van der Waals surface area contributed by atoms with E-state index in [0.29, 0.717) is 0 Å². The summed E-state index contributed by atoms with van der Waals surface area (Å²) in [5, 5.41) is 9.20. The van der Waals surface area contributed by atoms with E-state index in [2.05, 4.69) is 6.58 Å². The van der Waals surface area contributed by atoms with Crippen molar-refractivity contribution < 1.29 is 18.3 Å². The van der Waals surface area contributed by atoms with E-state index < -0.39 is 11.8 Å². The highest BCUT2D eigenvalue weighted by Gasteiger charge is 2.53. The second-order valence-corrected chi connectivity index (χ2v) is 2.67. The number of alkyl halides is 3. The molecular formula is C8H13F3O. The van der Waals surface area contributed by atoms with Gasteiger partial charge < -0.3 is 5.11 Å². The van der Waals surface area contributed by atoms with Crippen molar-refractivity contribution in [2.45, 2.75) is 38.5 Å². The van der Waals surface area contributed by atoms with Crippen LogP contribution in [0.5, 0.6) is 0 Å². The molecule has 1 nitrogen and oxygen atoms in total. The molecule has 0 saturated heterocycles. The number of halogens is 3. The Kier molecular flexibility index (Phi) is 3.33. The summed E-state index contributed by atoms with van der Waals surface area (Å²) < 4.78 is 36.7. The van der Waals surface area contributed by atoms with Gasteiger partial charge >= 0.3 is 6.18 Å². The van der Waals surface area contributed by atoms with Gasteiger partial charge in [-0.15, -0.1) is 0 Å². The molecule has 1 unspecified atom stereocenters. The van der Waals surface area contributed by atoms with Crippen molar-refractivity contribution in [1.29, 1.82) is 0 Å². The molecule has 0 saturated carbocycles. The lowest BCUT2D eigenvalue weighted by molar-refractivity contribution is -0.245. The molecule has 0 aromatic carbocycles. The minimum absolute atomic E-state index is 0.129. The van der Waals surface area contributed by atoms with E-state index in [1.165, 1.54) is 13.8 Å². The number of hydrogen-bond donors (Lipinski definition) is 1. The quantitative estimate of drug-likeness (QED) is 0.665. The van der Waals surface area contributed by atoms with Crippen LogP contribution in [0.15, 0.2) is 12.2 Å². The molecule has 0 aliphatic heterocycles. The molecule has 0 aromatic rings. The van der Waals surface area contributed by atoms with Gasteiger partial charge in [-0.05, 0) is 18.4 Å². The lowest BCUT2D eigenvalue weighted by Gasteiger charge is -2.30. The minimum atomic E-state index is -4.62. The Bertz CT molecular complexity index is 174. The van der Waals surface area contributed by atoms with Gasteiger partial charge in [0.15, 0.2) is 5.60 Å². The molecule has 0 fully saturated rings. The Hall–Kier alpha value is -0.510. The maximum Gasteiger partial charge on any atom is 0.421 e. The third kappa shape index (κ3) is 1.80. The van der Waals surface area contributed by atoms with Gasteiger partial charge in [-0.1, -0.05) is 20.4 Å². The molecule has 0 aromatic heterocycles. The molecule has 1 atom stereocenters. The van der Waals surface area contributed by atoms with Crippen LogP contribution in [0.25, 0.3) is 0 Å². The minimum Gasteiger partial charge on any atom is -0.377 e. The Morgan fingerprint density at radius 2 is 1.75 bits per heavy atom. The number of rotatable bonds is 3. The largest absolute Gasteiger partial charge is 0.421 e. The average Bonchev–Trinajstić information content (AvgIpc) is 1.99. The predicted octanol–water partition coefficient (Wildman–Crippen LogP) is 2.66. The van der Waals surface area contributed by atoms with Crippen LogP contribution >= 0.6 is 0 Å². The molecule has 1 N–H and O–H groups in total. The molecule has 0 radical (unpaired) electrons. The van der Waals surface area contributed by atoms with E-state index in [9.17, 15) is 18.3 Å². The van der Waals surface area contributed by atoms with Gasteiger partial charge in [-0.3, -0.25) is 0 Å². The fourth-order valence-electron chi connectivity index (χ4n) is 0.943. The van der Waals surface area contributed by atoms with Gasteiger partial charge in [0.25, 0.3) is 0 Å². The molecular weight excluding hydrogens is 169 g/mol. The van der Waals surface area contributed by atoms with Crippen LogP contribution in [-0.4, -0.2) is 16.9 Å².